The van der Waals surface area contributed by atoms with Crippen LogP contribution in [0.15, 0.2) is 60.0 Å². The van der Waals surface area contributed by atoms with Gasteiger partial charge in [-0.05, 0) is 29.8 Å². The first kappa shape index (κ1) is 15.2. The Bertz CT molecular complexity index is 782. The van der Waals surface area contributed by atoms with E-state index in [1.54, 1.807) is 12.5 Å². The van der Waals surface area contributed by atoms with Crippen molar-refractivity contribution in [3.05, 3.63) is 71.2 Å². The second-order valence-corrected chi connectivity index (χ2v) is 5.79. The number of hydrogen-bond donors (Lipinski definition) is 1. The summed E-state index contributed by atoms with van der Waals surface area (Å²) >= 11 is 1.45. The highest BCUT2D eigenvalue weighted by molar-refractivity contribution is 7.13. The Morgan fingerprint density at radius 3 is 2.57 bits per heavy atom. The first-order valence-electron chi connectivity index (χ1n) is 7.18. The quantitative estimate of drug-likeness (QED) is 0.777. The molecule has 0 saturated carbocycles. The second-order valence-electron chi connectivity index (χ2n) is 4.93. The first-order valence-corrected chi connectivity index (χ1v) is 8.06. The van der Waals surface area contributed by atoms with Gasteiger partial charge in [0, 0.05) is 17.5 Å². The fourth-order valence-electron chi connectivity index (χ4n) is 2.11. The number of amides is 1. The van der Waals surface area contributed by atoms with Gasteiger partial charge in [-0.1, -0.05) is 30.3 Å². The molecule has 23 heavy (non-hydrogen) atoms. The number of nitrogens with zero attached hydrogens (tertiary/aromatic N) is 1. The molecule has 0 fully saturated rings. The fourth-order valence-corrected chi connectivity index (χ4v) is 2.92. The summed E-state index contributed by atoms with van der Waals surface area (Å²) in [6, 6.07) is 17.4. The van der Waals surface area contributed by atoms with Crippen molar-refractivity contribution >= 4 is 17.2 Å². The van der Waals surface area contributed by atoms with Crippen LogP contribution < -0.4 is 10.1 Å². The maximum Gasteiger partial charge on any atom is 0.271 e. The summed E-state index contributed by atoms with van der Waals surface area (Å²) in [7, 11) is 1.63. The number of thiazole rings is 1. The van der Waals surface area contributed by atoms with Crippen LogP contribution >= 0.6 is 11.3 Å². The van der Waals surface area contributed by atoms with Crippen molar-refractivity contribution in [1.29, 1.82) is 0 Å². The molecule has 0 aliphatic carbocycles. The van der Waals surface area contributed by atoms with Gasteiger partial charge in [-0.3, -0.25) is 4.79 Å². The Kier molecular flexibility index (Phi) is 4.68. The van der Waals surface area contributed by atoms with Gasteiger partial charge in [0.25, 0.3) is 5.91 Å². The van der Waals surface area contributed by atoms with Gasteiger partial charge in [-0.25, -0.2) is 4.98 Å². The molecule has 0 unspecified atom stereocenters. The van der Waals surface area contributed by atoms with Crippen LogP contribution in [-0.2, 0) is 6.54 Å². The van der Waals surface area contributed by atoms with Crippen LogP contribution in [-0.4, -0.2) is 18.0 Å². The molecule has 116 valence electrons. The molecule has 1 amide bonds. The lowest BCUT2D eigenvalue weighted by atomic mass is 10.2. The molecule has 0 atom stereocenters. The number of carbonyl (C=O) groups is 1. The van der Waals surface area contributed by atoms with Gasteiger partial charge in [0.1, 0.15) is 16.5 Å². The molecular weight excluding hydrogens is 308 g/mol. The number of nitrogens with one attached hydrogen (secondary N) is 1. The van der Waals surface area contributed by atoms with E-state index in [9.17, 15) is 4.79 Å². The summed E-state index contributed by atoms with van der Waals surface area (Å²) in [4.78, 5) is 16.6. The van der Waals surface area contributed by atoms with Crippen molar-refractivity contribution in [2.24, 2.45) is 0 Å². The summed E-state index contributed by atoms with van der Waals surface area (Å²) < 4.78 is 5.14. The summed E-state index contributed by atoms with van der Waals surface area (Å²) in [5.41, 5.74) is 2.47. The van der Waals surface area contributed by atoms with E-state index in [0.29, 0.717) is 12.2 Å². The minimum absolute atomic E-state index is 0.162. The van der Waals surface area contributed by atoms with Gasteiger partial charge >= 0.3 is 0 Å². The van der Waals surface area contributed by atoms with Crippen LogP contribution in [0.4, 0.5) is 0 Å². The van der Waals surface area contributed by atoms with Crippen LogP contribution in [0.25, 0.3) is 10.6 Å². The molecule has 3 aromatic rings. The van der Waals surface area contributed by atoms with Gasteiger partial charge in [0.2, 0.25) is 0 Å². The Morgan fingerprint density at radius 2 is 1.87 bits per heavy atom. The predicted molar refractivity (Wildman–Crippen MR) is 91.7 cm³/mol. The summed E-state index contributed by atoms with van der Waals surface area (Å²) in [5.74, 6) is 0.635. The minimum atomic E-state index is -0.162. The van der Waals surface area contributed by atoms with Crippen LogP contribution in [0, 0.1) is 0 Å². The van der Waals surface area contributed by atoms with Crippen molar-refractivity contribution in [2.45, 2.75) is 6.54 Å². The molecule has 5 heteroatoms. The van der Waals surface area contributed by atoms with Gasteiger partial charge in [0.15, 0.2) is 0 Å². The summed E-state index contributed by atoms with van der Waals surface area (Å²) in [6.45, 7) is 0.495. The molecule has 2 aromatic carbocycles. The largest absolute Gasteiger partial charge is 0.497 e. The van der Waals surface area contributed by atoms with E-state index in [2.05, 4.69) is 10.3 Å². The molecule has 1 aromatic heterocycles. The SMILES string of the molecule is COc1ccc(-c2nc(C(=O)NCc3ccccc3)cs2)cc1. The lowest BCUT2D eigenvalue weighted by Crippen LogP contribution is -2.23. The molecule has 3 rings (SSSR count). The van der Waals surface area contributed by atoms with Crippen LogP contribution in [0.5, 0.6) is 5.75 Å². The maximum atomic E-state index is 12.2. The number of carbonyl (C=O) groups excluding carboxylic acids is 1. The Balaban J connectivity index is 1.67. The number of ether oxygens (including phenoxy) is 1. The molecule has 0 bridgehead atoms. The lowest BCUT2D eigenvalue weighted by Gasteiger charge is -2.03. The highest BCUT2D eigenvalue weighted by Gasteiger charge is 2.11. The molecule has 1 N–H and O–H groups in total. The molecular formula is C18H16N2O2S. The zero-order chi connectivity index (χ0) is 16.1. The monoisotopic (exact) mass is 324 g/mol. The molecule has 0 radical (unpaired) electrons. The van der Waals surface area contributed by atoms with Crippen molar-refractivity contribution in [1.82, 2.24) is 10.3 Å². The molecule has 1 heterocycles. The Morgan fingerprint density at radius 1 is 1.13 bits per heavy atom. The van der Waals surface area contributed by atoms with E-state index in [1.807, 2.05) is 54.6 Å². The third kappa shape index (κ3) is 3.76. The molecule has 0 aliphatic heterocycles. The van der Waals surface area contributed by atoms with E-state index >= 15 is 0 Å². The number of hydrogen-bond acceptors (Lipinski definition) is 4. The average molecular weight is 324 g/mol. The fraction of sp³-hybridized carbons (Fsp3) is 0.111. The zero-order valence-electron chi connectivity index (χ0n) is 12.7. The van der Waals surface area contributed by atoms with Crippen molar-refractivity contribution in [3.8, 4) is 16.3 Å². The summed E-state index contributed by atoms with van der Waals surface area (Å²) in [5, 5.41) is 5.48. The van der Waals surface area contributed by atoms with E-state index in [0.717, 1.165) is 21.9 Å². The number of rotatable bonds is 5. The maximum absolute atomic E-state index is 12.2. The van der Waals surface area contributed by atoms with Crippen molar-refractivity contribution in [2.75, 3.05) is 7.11 Å². The molecule has 0 aliphatic rings. The number of methoxy groups -OCH3 is 1. The van der Waals surface area contributed by atoms with E-state index in [4.69, 9.17) is 4.74 Å². The standard InChI is InChI=1S/C18H16N2O2S/c1-22-15-9-7-14(8-10-15)18-20-16(12-23-18)17(21)19-11-13-5-3-2-4-6-13/h2-10,12H,11H2,1H3,(H,19,21). The van der Waals surface area contributed by atoms with Gasteiger partial charge < -0.3 is 10.1 Å². The van der Waals surface area contributed by atoms with E-state index < -0.39 is 0 Å². The average Bonchev–Trinajstić information content (AvgIpc) is 3.11. The summed E-state index contributed by atoms with van der Waals surface area (Å²) in [6.07, 6.45) is 0. The third-order valence-electron chi connectivity index (χ3n) is 3.37. The van der Waals surface area contributed by atoms with Crippen LogP contribution in [0.2, 0.25) is 0 Å². The number of benzene rings is 2. The minimum Gasteiger partial charge on any atom is -0.497 e. The zero-order valence-corrected chi connectivity index (χ0v) is 13.5. The van der Waals surface area contributed by atoms with E-state index in [1.165, 1.54) is 11.3 Å². The van der Waals surface area contributed by atoms with Crippen LogP contribution in [0.1, 0.15) is 16.1 Å². The van der Waals surface area contributed by atoms with Gasteiger partial charge in [-0.15, -0.1) is 11.3 Å². The first-order chi connectivity index (χ1) is 11.3. The molecule has 0 saturated heterocycles. The third-order valence-corrected chi connectivity index (χ3v) is 4.26. The molecule has 4 nitrogen and oxygen atoms in total. The van der Waals surface area contributed by atoms with Gasteiger partial charge in [0.05, 0.1) is 7.11 Å². The van der Waals surface area contributed by atoms with E-state index in [-0.39, 0.29) is 5.91 Å². The normalized spacial score (nSPS) is 10.3. The number of aromatic nitrogens is 1. The lowest BCUT2D eigenvalue weighted by molar-refractivity contribution is 0.0946. The Labute approximate surface area is 138 Å². The predicted octanol–water partition coefficient (Wildman–Crippen LogP) is 3.75. The van der Waals surface area contributed by atoms with Crippen molar-refractivity contribution in [3.63, 3.8) is 0 Å². The highest BCUT2D eigenvalue weighted by Crippen LogP contribution is 2.25. The van der Waals surface area contributed by atoms with Crippen molar-refractivity contribution < 1.29 is 9.53 Å². The molecule has 0 spiro atoms. The van der Waals surface area contributed by atoms with Crippen LogP contribution in [0.3, 0.4) is 0 Å². The topological polar surface area (TPSA) is 51.2 Å². The Hall–Kier alpha value is -2.66. The van der Waals surface area contributed by atoms with Gasteiger partial charge in [-0.2, -0.15) is 0 Å². The smallest absolute Gasteiger partial charge is 0.271 e. The highest BCUT2D eigenvalue weighted by atomic mass is 32.1. The second kappa shape index (κ2) is 7.07.